The van der Waals surface area contributed by atoms with Crippen molar-refractivity contribution in [3.05, 3.63) is 234 Å². The third-order valence-electron chi connectivity index (χ3n) is 19.4. The molecule has 0 saturated heterocycles. The molecule has 6 heterocycles. The Morgan fingerprint density at radius 1 is 0.418 bits per heavy atom. The van der Waals surface area contributed by atoms with Gasteiger partial charge in [0.15, 0.2) is 0 Å². The highest BCUT2D eigenvalue weighted by atomic mass is 79.9. The molecule has 91 heavy (non-hydrogen) atoms. The summed E-state index contributed by atoms with van der Waals surface area (Å²) < 4.78 is 3.55. The van der Waals surface area contributed by atoms with Gasteiger partial charge in [0.2, 0.25) is 0 Å². The van der Waals surface area contributed by atoms with Gasteiger partial charge >= 0.3 is 0 Å². The van der Waals surface area contributed by atoms with Gasteiger partial charge in [-0.15, -0.1) is 0 Å². The summed E-state index contributed by atoms with van der Waals surface area (Å²) in [5.74, 6) is 7.85. The summed E-state index contributed by atoms with van der Waals surface area (Å²) in [4.78, 5) is 19.1. The lowest BCUT2D eigenvalue weighted by Crippen LogP contribution is -2.17. The number of nitrogens with one attached hydrogen (secondary N) is 2. The first-order chi connectivity index (χ1) is 43.4. The number of nitrogens with zero attached hydrogens (tertiary/aromatic N) is 3. The van der Waals surface area contributed by atoms with Crippen LogP contribution in [0.5, 0.6) is 0 Å². The lowest BCUT2D eigenvalue weighted by molar-refractivity contribution is 0.566. The minimum Gasteiger partial charge on any atom is -0.354 e. The van der Waals surface area contributed by atoms with Crippen LogP contribution in [0.25, 0.3) is 134 Å². The van der Waals surface area contributed by atoms with Crippen LogP contribution in [0.3, 0.4) is 0 Å². The summed E-state index contributed by atoms with van der Waals surface area (Å²) in [5, 5.41) is 10.0. The molecule has 9 aromatic carbocycles. The number of aromatic nitrogens is 5. The number of benzene rings is 9. The van der Waals surface area contributed by atoms with Crippen molar-refractivity contribution in [1.29, 1.82) is 0 Å². The molecule has 0 radical (unpaired) electrons. The van der Waals surface area contributed by atoms with E-state index in [-0.39, 0.29) is 16.2 Å². The molecule has 0 amide bonds. The van der Waals surface area contributed by atoms with Crippen LogP contribution in [-0.2, 0) is 22.8 Å². The minimum atomic E-state index is -0.0502. The Balaban J connectivity index is 1.05. The maximum absolute atomic E-state index is 5.68. The molecular formula is C85H76BrN5. The molecular weight excluding hydrogens is 1170 g/mol. The Morgan fingerprint density at radius 2 is 0.857 bits per heavy atom. The van der Waals surface area contributed by atoms with Crippen LogP contribution in [0, 0.1) is 53.4 Å². The molecule has 0 spiro atoms. The lowest BCUT2D eigenvalue weighted by atomic mass is 9.79. The molecule has 2 N–H and O–H groups in total. The lowest BCUT2D eigenvalue weighted by Gasteiger charge is -2.26. The van der Waals surface area contributed by atoms with Crippen LogP contribution in [0.2, 0.25) is 0 Å². The predicted molar refractivity (Wildman–Crippen MR) is 393 cm³/mol. The van der Waals surface area contributed by atoms with Gasteiger partial charge in [-0.1, -0.05) is 188 Å². The highest BCUT2D eigenvalue weighted by Crippen LogP contribution is 2.50. The topological polar surface area (TPSA) is 62.3 Å². The van der Waals surface area contributed by atoms with Crippen molar-refractivity contribution in [3.8, 4) is 45.2 Å². The van der Waals surface area contributed by atoms with Gasteiger partial charge in [0.05, 0.1) is 54.9 Å². The van der Waals surface area contributed by atoms with Crippen LogP contribution < -0.4 is 0 Å². The normalized spacial score (nSPS) is 12.9. The van der Waals surface area contributed by atoms with Crippen molar-refractivity contribution in [2.45, 2.75) is 127 Å². The molecule has 0 fully saturated rings. The van der Waals surface area contributed by atoms with Crippen LogP contribution >= 0.6 is 15.9 Å². The van der Waals surface area contributed by atoms with E-state index >= 15 is 0 Å². The average Bonchev–Trinajstić information content (AvgIpc) is 1.58. The van der Waals surface area contributed by atoms with E-state index in [1.54, 1.807) is 0 Å². The van der Waals surface area contributed by atoms with Crippen LogP contribution in [0.15, 0.2) is 144 Å². The van der Waals surface area contributed by atoms with E-state index in [0.717, 1.165) is 88.1 Å². The van der Waals surface area contributed by atoms with E-state index in [4.69, 9.17) is 9.97 Å². The van der Waals surface area contributed by atoms with E-state index in [0.29, 0.717) is 6.54 Å². The Bertz CT molecular complexity index is 5330. The van der Waals surface area contributed by atoms with Gasteiger partial charge in [0.25, 0.3) is 0 Å². The van der Waals surface area contributed by atoms with Gasteiger partial charge in [0.1, 0.15) is 0 Å². The van der Waals surface area contributed by atoms with E-state index in [2.05, 4.69) is 310 Å². The van der Waals surface area contributed by atoms with E-state index in [1.165, 1.54) is 115 Å². The largest absolute Gasteiger partial charge is 0.354 e. The van der Waals surface area contributed by atoms with E-state index in [1.807, 2.05) is 0 Å². The van der Waals surface area contributed by atoms with Gasteiger partial charge in [-0.2, -0.15) is 0 Å². The molecule has 8 bridgehead atoms. The summed E-state index contributed by atoms with van der Waals surface area (Å²) >= 11 is 4.06. The standard InChI is InChI=1S/C85H76BrN5/c1-46-36-48(3)74(49(4)37-46)78-66-30-28-64(87-66)62(65-29-31-67(88-65)79(75-50(5)38-47(2)39-51(75)6)69-33-35-71(90-69)82(86)70-34-32-68(78)89-70)27-24-54-42-72-80-76-58(54)18-16-19-59(76)60-20-17-21-61-63(53-22-25-55(26-23-53)83(7,8)9)44-73(81(80)77(60)61)91(72)45-52-40-56(84(10,11)12)43-57(41-52)85(13,14)15/h16-23,25-26,28-44,89-90H,45H2,1-15H3. The first-order valence-electron chi connectivity index (χ1n) is 32.1. The van der Waals surface area contributed by atoms with Gasteiger partial charge < -0.3 is 14.5 Å². The molecule has 2 aliphatic rings. The van der Waals surface area contributed by atoms with Gasteiger partial charge in [-0.25, -0.2) is 9.97 Å². The number of aromatic amines is 2. The molecule has 0 aliphatic carbocycles. The Labute approximate surface area is 542 Å². The zero-order chi connectivity index (χ0) is 63.5. The Hall–Kier alpha value is -9.28. The van der Waals surface area contributed by atoms with Crippen molar-refractivity contribution in [1.82, 2.24) is 24.5 Å². The summed E-state index contributed by atoms with van der Waals surface area (Å²) in [5.41, 5.74) is 30.5. The molecule has 448 valence electrons. The smallest absolute Gasteiger partial charge is 0.0816 e. The minimum absolute atomic E-state index is 0.0334. The summed E-state index contributed by atoms with van der Waals surface area (Å²) in [6.45, 7) is 34.8. The molecule has 5 nitrogen and oxygen atoms in total. The third-order valence-corrected chi connectivity index (χ3v) is 20.3. The van der Waals surface area contributed by atoms with Gasteiger partial charge in [0, 0.05) is 55.8 Å². The maximum Gasteiger partial charge on any atom is 0.0816 e. The van der Waals surface area contributed by atoms with Crippen molar-refractivity contribution in [2.75, 3.05) is 0 Å². The SMILES string of the molecule is Cc1cc(C)c(-c2c3nc(c(C#Cc4cc5c6c7c4cccc7c4cccc7c(-c8ccc(C(C)(C)C)cc8)cc(c6c74)n5Cc4cc(C(C)(C)C)cc(C(C)(C)C)c4)c4nc(c(-c5c(C)cc(C)cc5C)c5ccc([nH]5)c(Br)c5ccc2[nH]5)C=C4)C=C3)c(C)c1. The van der Waals surface area contributed by atoms with Crippen molar-refractivity contribution in [3.63, 3.8) is 0 Å². The van der Waals surface area contributed by atoms with Gasteiger partial charge in [-0.3, -0.25) is 0 Å². The second-order valence-corrected chi connectivity index (χ2v) is 30.0. The highest BCUT2D eigenvalue weighted by molar-refractivity contribution is 9.10. The first-order valence-corrected chi connectivity index (χ1v) is 32.9. The maximum atomic E-state index is 5.68. The second-order valence-electron chi connectivity index (χ2n) is 29.2. The first kappa shape index (κ1) is 58.1. The van der Waals surface area contributed by atoms with E-state index < -0.39 is 0 Å². The quantitative estimate of drug-likeness (QED) is 0.102. The number of hydrogen-bond acceptors (Lipinski definition) is 2. The summed E-state index contributed by atoms with van der Waals surface area (Å²) in [6.07, 6.45) is 8.64. The van der Waals surface area contributed by atoms with Gasteiger partial charge in [-0.05, 0) is 223 Å². The summed E-state index contributed by atoms with van der Waals surface area (Å²) in [7, 11) is 0. The zero-order valence-electron chi connectivity index (χ0n) is 55.0. The zero-order valence-corrected chi connectivity index (χ0v) is 56.6. The molecule has 0 atom stereocenters. The monoisotopic (exact) mass is 1250 g/mol. The number of aryl methyl sites for hydroxylation is 6. The number of H-pyrrole nitrogens is 2. The van der Waals surface area contributed by atoms with Crippen LogP contribution in [0.1, 0.15) is 152 Å². The number of halogens is 1. The fraction of sp³-hybridized carbons (Fsp3) is 0.224. The molecule has 2 aliphatic heterocycles. The van der Waals surface area contributed by atoms with Crippen molar-refractivity contribution < 1.29 is 0 Å². The van der Waals surface area contributed by atoms with E-state index in [9.17, 15) is 0 Å². The molecule has 6 heteroatoms. The summed E-state index contributed by atoms with van der Waals surface area (Å²) in [6, 6.07) is 53.2. The molecule has 0 saturated carbocycles. The highest BCUT2D eigenvalue weighted by Gasteiger charge is 2.28. The molecule has 0 unspecified atom stereocenters. The third kappa shape index (κ3) is 9.65. The van der Waals surface area contributed by atoms with Crippen molar-refractivity contribution >= 4 is 116 Å². The predicted octanol–water partition coefficient (Wildman–Crippen LogP) is 23.1. The molecule has 4 aromatic heterocycles. The average molecular weight is 1250 g/mol. The van der Waals surface area contributed by atoms with Crippen LogP contribution in [0.4, 0.5) is 0 Å². The Morgan fingerprint density at radius 3 is 1.35 bits per heavy atom. The fourth-order valence-electron chi connectivity index (χ4n) is 15.0. The number of hydrogen-bond donors (Lipinski definition) is 2. The Kier molecular flexibility index (Phi) is 13.3. The van der Waals surface area contributed by atoms with Crippen LogP contribution in [-0.4, -0.2) is 24.5 Å². The molecule has 13 aromatic rings. The fourth-order valence-corrected chi connectivity index (χ4v) is 15.5. The number of fused-ring (bicyclic) bond motifs is 9. The van der Waals surface area contributed by atoms with Crippen molar-refractivity contribution in [2.24, 2.45) is 0 Å². The molecule has 15 rings (SSSR count). The second kappa shape index (κ2) is 20.9. The number of rotatable bonds is 5.